The standard InChI is InChI=1S/C16H13ClN2O2S/c17-10-5-6-11(13(20)9-10)18-15(21)7-8-16-19-12-3-1-2-4-14(12)22-16/h1-6,9,20H,7-8H2,(H,18,21). The van der Waals surface area contributed by atoms with Crippen LogP contribution in [0.1, 0.15) is 11.4 Å². The van der Waals surface area contributed by atoms with Gasteiger partial charge in [0.1, 0.15) is 5.75 Å². The fraction of sp³-hybridized carbons (Fsp3) is 0.125. The molecule has 0 aliphatic heterocycles. The minimum Gasteiger partial charge on any atom is -0.506 e. The molecular weight excluding hydrogens is 320 g/mol. The zero-order chi connectivity index (χ0) is 15.5. The monoisotopic (exact) mass is 332 g/mol. The van der Waals surface area contributed by atoms with Crippen molar-refractivity contribution in [3.05, 3.63) is 52.5 Å². The minimum absolute atomic E-state index is 0.0409. The summed E-state index contributed by atoms with van der Waals surface area (Å²) in [6.07, 6.45) is 0.876. The van der Waals surface area contributed by atoms with Gasteiger partial charge in [-0.2, -0.15) is 0 Å². The lowest BCUT2D eigenvalue weighted by Crippen LogP contribution is -2.12. The molecule has 6 heteroatoms. The van der Waals surface area contributed by atoms with Crippen molar-refractivity contribution in [2.75, 3.05) is 5.32 Å². The molecule has 2 aromatic carbocycles. The van der Waals surface area contributed by atoms with E-state index >= 15 is 0 Å². The first-order valence-corrected chi connectivity index (χ1v) is 7.94. The lowest BCUT2D eigenvalue weighted by atomic mass is 10.2. The molecule has 22 heavy (non-hydrogen) atoms. The number of nitrogens with one attached hydrogen (secondary N) is 1. The van der Waals surface area contributed by atoms with Gasteiger partial charge in [0.2, 0.25) is 5.91 Å². The summed E-state index contributed by atoms with van der Waals surface area (Å²) in [5.41, 5.74) is 1.32. The van der Waals surface area contributed by atoms with E-state index in [0.29, 0.717) is 23.6 Å². The lowest BCUT2D eigenvalue weighted by Gasteiger charge is -2.06. The van der Waals surface area contributed by atoms with E-state index in [2.05, 4.69) is 10.3 Å². The highest BCUT2D eigenvalue weighted by Gasteiger charge is 2.09. The summed E-state index contributed by atoms with van der Waals surface area (Å²) < 4.78 is 1.12. The second-order valence-corrected chi connectivity index (χ2v) is 6.34. The lowest BCUT2D eigenvalue weighted by molar-refractivity contribution is -0.116. The summed E-state index contributed by atoms with van der Waals surface area (Å²) in [5, 5.41) is 13.7. The second kappa shape index (κ2) is 6.34. The highest BCUT2D eigenvalue weighted by Crippen LogP contribution is 2.27. The first-order chi connectivity index (χ1) is 10.6. The van der Waals surface area contributed by atoms with Gasteiger partial charge in [-0.1, -0.05) is 23.7 Å². The normalized spacial score (nSPS) is 10.8. The van der Waals surface area contributed by atoms with E-state index in [-0.39, 0.29) is 11.7 Å². The average molecular weight is 333 g/mol. The molecule has 0 aliphatic carbocycles. The molecule has 0 saturated heterocycles. The maximum absolute atomic E-state index is 12.0. The van der Waals surface area contributed by atoms with E-state index in [9.17, 15) is 9.90 Å². The molecular formula is C16H13ClN2O2S. The van der Waals surface area contributed by atoms with Gasteiger partial charge in [-0.25, -0.2) is 4.98 Å². The number of phenolic OH excluding ortho intramolecular Hbond substituents is 1. The quantitative estimate of drug-likeness (QED) is 0.703. The van der Waals surface area contributed by atoms with Crippen molar-refractivity contribution < 1.29 is 9.90 Å². The summed E-state index contributed by atoms with van der Waals surface area (Å²) in [5.74, 6) is -0.210. The van der Waals surface area contributed by atoms with Gasteiger partial charge in [-0.15, -0.1) is 11.3 Å². The summed E-state index contributed by atoms with van der Waals surface area (Å²) in [6.45, 7) is 0. The number of fused-ring (bicyclic) bond motifs is 1. The maximum Gasteiger partial charge on any atom is 0.224 e. The number of aryl methyl sites for hydroxylation is 1. The van der Waals surface area contributed by atoms with Crippen LogP contribution in [0.5, 0.6) is 5.75 Å². The number of anilines is 1. The molecule has 0 aliphatic rings. The molecule has 4 nitrogen and oxygen atoms in total. The first-order valence-electron chi connectivity index (χ1n) is 6.74. The topological polar surface area (TPSA) is 62.2 Å². The van der Waals surface area contributed by atoms with Gasteiger partial charge in [-0.05, 0) is 24.3 Å². The molecule has 0 spiro atoms. The number of para-hydroxylation sites is 1. The summed E-state index contributed by atoms with van der Waals surface area (Å²) in [4.78, 5) is 16.5. The number of aromatic hydroxyl groups is 1. The highest BCUT2D eigenvalue weighted by molar-refractivity contribution is 7.18. The number of carbonyl (C=O) groups excluding carboxylic acids is 1. The molecule has 3 rings (SSSR count). The van der Waals surface area contributed by atoms with Crippen molar-refractivity contribution in [1.82, 2.24) is 4.98 Å². The van der Waals surface area contributed by atoms with Gasteiger partial charge in [0, 0.05) is 23.9 Å². The Balaban J connectivity index is 1.62. The van der Waals surface area contributed by atoms with Crippen LogP contribution >= 0.6 is 22.9 Å². The third-order valence-corrected chi connectivity index (χ3v) is 4.47. The van der Waals surface area contributed by atoms with Gasteiger partial charge in [-0.3, -0.25) is 4.79 Å². The van der Waals surface area contributed by atoms with E-state index in [0.717, 1.165) is 15.2 Å². The Hall–Kier alpha value is -2.11. The zero-order valence-electron chi connectivity index (χ0n) is 11.5. The number of phenols is 1. The van der Waals surface area contributed by atoms with Gasteiger partial charge in [0.25, 0.3) is 0 Å². The Morgan fingerprint density at radius 2 is 2.09 bits per heavy atom. The molecule has 1 heterocycles. The van der Waals surface area contributed by atoms with Crippen molar-refractivity contribution in [2.45, 2.75) is 12.8 Å². The minimum atomic E-state index is -0.170. The van der Waals surface area contributed by atoms with Crippen LogP contribution in [0.4, 0.5) is 5.69 Å². The molecule has 3 aromatic rings. The highest BCUT2D eigenvalue weighted by atomic mass is 35.5. The largest absolute Gasteiger partial charge is 0.506 e. The van der Waals surface area contributed by atoms with E-state index in [4.69, 9.17) is 11.6 Å². The van der Waals surface area contributed by atoms with Crippen molar-refractivity contribution in [3.8, 4) is 5.75 Å². The van der Waals surface area contributed by atoms with Crippen LogP contribution < -0.4 is 5.32 Å². The van der Waals surface area contributed by atoms with Crippen LogP contribution in [0.3, 0.4) is 0 Å². The molecule has 0 saturated carbocycles. The third kappa shape index (κ3) is 3.37. The number of hydrogen-bond acceptors (Lipinski definition) is 4. The molecule has 1 aromatic heterocycles. The summed E-state index contributed by atoms with van der Waals surface area (Å²) in [7, 11) is 0. The number of nitrogens with zero attached hydrogens (tertiary/aromatic N) is 1. The number of benzene rings is 2. The van der Waals surface area contributed by atoms with Crippen LogP contribution in [0.25, 0.3) is 10.2 Å². The number of rotatable bonds is 4. The second-order valence-electron chi connectivity index (χ2n) is 4.78. The Labute approximate surface area is 136 Å². The fourth-order valence-electron chi connectivity index (χ4n) is 2.07. The average Bonchev–Trinajstić information content (AvgIpc) is 2.91. The van der Waals surface area contributed by atoms with Crippen LogP contribution in [0.15, 0.2) is 42.5 Å². The Morgan fingerprint density at radius 1 is 1.27 bits per heavy atom. The number of hydrogen-bond donors (Lipinski definition) is 2. The van der Waals surface area contributed by atoms with Crippen molar-refractivity contribution in [2.24, 2.45) is 0 Å². The van der Waals surface area contributed by atoms with Gasteiger partial charge >= 0.3 is 0 Å². The number of thiazole rings is 1. The van der Waals surface area contributed by atoms with Crippen LogP contribution in [-0.4, -0.2) is 16.0 Å². The summed E-state index contributed by atoms with van der Waals surface area (Å²) in [6, 6.07) is 12.5. The third-order valence-electron chi connectivity index (χ3n) is 3.14. The molecule has 0 unspecified atom stereocenters. The Kier molecular flexibility index (Phi) is 4.27. The van der Waals surface area contributed by atoms with Crippen LogP contribution in [-0.2, 0) is 11.2 Å². The molecule has 0 radical (unpaired) electrons. The van der Waals surface area contributed by atoms with E-state index in [1.54, 1.807) is 23.5 Å². The molecule has 1 amide bonds. The summed E-state index contributed by atoms with van der Waals surface area (Å²) >= 11 is 7.35. The number of carbonyl (C=O) groups is 1. The predicted octanol–water partition coefficient (Wildman–Crippen LogP) is 4.23. The van der Waals surface area contributed by atoms with E-state index in [1.165, 1.54) is 6.07 Å². The van der Waals surface area contributed by atoms with Crippen molar-refractivity contribution >= 4 is 44.7 Å². The molecule has 2 N–H and O–H groups in total. The smallest absolute Gasteiger partial charge is 0.224 e. The Bertz CT molecular complexity index is 799. The molecule has 0 fully saturated rings. The Morgan fingerprint density at radius 3 is 2.86 bits per heavy atom. The van der Waals surface area contributed by atoms with Gasteiger partial charge in [0.05, 0.1) is 20.9 Å². The van der Waals surface area contributed by atoms with Crippen molar-refractivity contribution in [3.63, 3.8) is 0 Å². The zero-order valence-corrected chi connectivity index (χ0v) is 13.1. The maximum atomic E-state index is 12.0. The molecule has 0 bridgehead atoms. The number of aromatic nitrogens is 1. The van der Waals surface area contributed by atoms with Crippen LogP contribution in [0, 0.1) is 0 Å². The van der Waals surface area contributed by atoms with E-state index < -0.39 is 0 Å². The van der Waals surface area contributed by atoms with Gasteiger partial charge in [0.15, 0.2) is 0 Å². The van der Waals surface area contributed by atoms with Gasteiger partial charge < -0.3 is 10.4 Å². The molecule has 112 valence electrons. The fourth-order valence-corrected chi connectivity index (χ4v) is 3.20. The molecule has 0 atom stereocenters. The van der Waals surface area contributed by atoms with Crippen LogP contribution in [0.2, 0.25) is 5.02 Å². The van der Waals surface area contributed by atoms with Crippen molar-refractivity contribution in [1.29, 1.82) is 0 Å². The first kappa shape index (κ1) is 14.8. The SMILES string of the molecule is O=C(CCc1nc2ccccc2s1)Nc1ccc(Cl)cc1O. The number of halogens is 1. The number of amides is 1. The van der Waals surface area contributed by atoms with E-state index in [1.807, 2.05) is 24.3 Å². The predicted molar refractivity (Wildman–Crippen MR) is 89.7 cm³/mol.